The number of rotatable bonds is 3. The van der Waals surface area contributed by atoms with E-state index in [1.54, 1.807) is 16.2 Å². The molecule has 0 fully saturated rings. The Morgan fingerprint density at radius 1 is 1.43 bits per heavy atom. The van der Waals surface area contributed by atoms with Crippen molar-refractivity contribution in [1.29, 1.82) is 0 Å². The van der Waals surface area contributed by atoms with Crippen molar-refractivity contribution in [3.05, 3.63) is 51.0 Å². The lowest BCUT2D eigenvalue weighted by Gasteiger charge is -2.20. The number of hydrogen-bond acceptors (Lipinski definition) is 4. The van der Waals surface area contributed by atoms with Gasteiger partial charge in [-0.25, -0.2) is 4.98 Å². The fourth-order valence-electron chi connectivity index (χ4n) is 2.63. The third kappa shape index (κ3) is 3.14. The molecule has 0 saturated carbocycles. The first kappa shape index (κ1) is 14.2. The highest BCUT2D eigenvalue weighted by molar-refractivity contribution is 7.09. The smallest absolute Gasteiger partial charge is 0.253 e. The Morgan fingerprint density at radius 3 is 3.05 bits per heavy atom. The molecule has 5 heteroatoms. The molecule has 21 heavy (non-hydrogen) atoms. The largest absolute Gasteiger partial charge is 0.336 e. The Kier molecular flexibility index (Phi) is 4.03. The summed E-state index contributed by atoms with van der Waals surface area (Å²) in [5.74, 6) is 0.0500. The van der Waals surface area contributed by atoms with Crippen molar-refractivity contribution in [2.75, 3.05) is 13.6 Å². The molecule has 0 spiro atoms. The number of carbonyl (C=O) groups is 1. The summed E-state index contributed by atoms with van der Waals surface area (Å²) in [7, 11) is 1.83. The molecule has 1 amide bonds. The van der Waals surface area contributed by atoms with Gasteiger partial charge in [0.15, 0.2) is 0 Å². The Labute approximate surface area is 128 Å². The minimum Gasteiger partial charge on any atom is -0.336 e. The molecule has 2 aromatic rings. The third-order valence-electron chi connectivity index (χ3n) is 3.75. The number of nitrogens with one attached hydrogen (secondary N) is 1. The molecule has 1 N–H and O–H groups in total. The average molecular weight is 301 g/mol. The van der Waals surface area contributed by atoms with Gasteiger partial charge in [-0.3, -0.25) is 4.79 Å². The molecule has 0 saturated heterocycles. The summed E-state index contributed by atoms with van der Waals surface area (Å²) in [4.78, 5) is 18.7. The topological polar surface area (TPSA) is 45.2 Å². The highest BCUT2D eigenvalue weighted by Crippen LogP contribution is 2.18. The van der Waals surface area contributed by atoms with Crippen LogP contribution in [0.4, 0.5) is 0 Å². The second-order valence-electron chi connectivity index (χ2n) is 5.43. The minimum atomic E-state index is 0.0500. The van der Waals surface area contributed by atoms with Gasteiger partial charge >= 0.3 is 0 Å². The number of amides is 1. The fourth-order valence-corrected chi connectivity index (χ4v) is 3.23. The number of aromatic nitrogens is 1. The van der Waals surface area contributed by atoms with E-state index < -0.39 is 0 Å². The average Bonchev–Trinajstić information content (AvgIpc) is 2.91. The molecule has 1 aromatic heterocycles. The van der Waals surface area contributed by atoms with Crippen LogP contribution in [0.25, 0.3) is 0 Å². The van der Waals surface area contributed by atoms with Crippen LogP contribution in [-0.4, -0.2) is 29.4 Å². The van der Waals surface area contributed by atoms with Crippen LogP contribution in [0, 0.1) is 6.92 Å². The molecule has 110 valence electrons. The van der Waals surface area contributed by atoms with Crippen LogP contribution in [0.15, 0.2) is 23.6 Å². The van der Waals surface area contributed by atoms with Crippen LogP contribution in [0.1, 0.15) is 32.2 Å². The van der Waals surface area contributed by atoms with Crippen molar-refractivity contribution >= 4 is 17.2 Å². The predicted octanol–water partition coefficient (Wildman–Crippen LogP) is 2.37. The first-order valence-corrected chi connectivity index (χ1v) is 8.00. The zero-order valence-corrected chi connectivity index (χ0v) is 13.2. The van der Waals surface area contributed by atoms with E-state index in [1.165, 1.54) is 11.1 Å². The van der Waals surface area contributed by atoms with E-state index in [9.17, 15) is 4.79 Å². The van der Waals surface area contributed by atoms with Crippen molar-refractivity contribution in [3.63, 3.8) is 0 Å². The zero-order valence-electron chi connectivity index (χ0n) is 12.3. The lowest BCUT2D eigenvalue weighted by Crippen LogP contribution is -2.28. The van der Waals surface area contributed by atoms with E-state index in [-0.39, 0.29) is 5.91 Å². The Bertz CT molecular complexity index is 665. The van der Waals surface area contributed by atoms with Gasteiger partial charge in [0.1, 0.15) is 0 Å². The lowest BCUT2D eigenvalue weighted by atomic mass is 9.98. The maximum absolute atomic E-state index is 12.5. The summed E-state index contributed by atoms with van der Waals surface area (Å²) in [6.45, 7) is 4.40. The van der Waals surface area contributed by atoms with Gasteiger partial charge in [-0.2, -0.15) is 0 Å². The number of thiazole rings is 1. The van der Waals surface area contributed by atoms with E-state index in [1.807, 2.05) is 31.5 Å². The van der Waals surface area contributed by atoms with Crippen molar-refractivity contribution < 1.29 is 4.79 Å². The SMILES string of the molecule is Cc1nc(CN(C)C(=O)c2ccc3c(c2)CNCC3)cs1. The molecule has 4 nitrogen and oxygen atoms in total. The lowest BCUT2D eigenvalue weighted by molar-refractivity contribution is 0.0783. The van der Waals surface area contributed by atoms with Crippen LogP contribution in [0.3, 0.4) is 0 Å². The van der Waals surface area contributed by atoms with E-state index in [0.29, 0.717) is 6.54 Å². The van der Waals surface area contributed by atoms with Crippen LogP contribution in [-0.2, 0) is 19.5 Å². The highest BCUT2D eigenvalue weighted by Gasteiger charge is 2.16. The summed E-state index contributed by atoms with van der Waals surface area (Å²) >= 11 is 1.62. The molecule has 1 aliphatic heterocycles. The summed E-state index contributed by atoms with van der Waals surface area (Å²) in [5.41, 5.74) is 4.30. The van der Waals surface area contributed by atoms with Crippen LogP contribution in [0.2, 0.25) is 0 Å². The van der Waals surface area contributed by atoms with Crippen molar-refractivity contribution in [2.24, 2.45) is 0 Å². The molecule has 0 radical (unpaired) electrons. The summed E-state index contributed by atoms with van der Waals surface area (Å²) in [6.07, 6.45) is 1.04. The summed E-state index contributed by atoms with van der Waals surface area (Å²) in [5, 5.41) is 6.39. The minimum absolute atomic E-state index is 0.0500. The molecule has 0 aliphatic carbocycles. The second kappa shape index (κ2) is 5.95. The molecule has 0 unspecified atom stereocenters. The van der Waals surface area contributed by atoms with Crippen LogP contribution < -0.4 is 5.32 Å². The molecular weight excluding hydrogens is 282 g/mol. The van der Waals surface area contributed by atoms with Gasteiger partial charge in [-0.1, -0.05) is 6.07 Å². The van der Waals surface area contributed by atoms with Gasteiger partial charge in [0.2, 0.25) is 0 Å². The van der Waals surface area contributed by atoms with Gasteiger partial charge in [-0.05, 0) is 43.1 Å². The van der Waals surface area contributed by atoms with Gasteiger partial charge in [0, 0.05) is 24.5 Å². The number of nitrogens with zero attached hydrogens (tertiary/aromatic N) is 2. The maximum Gasteiger partial charge on any atom is 0.253 e. The number of hydrogen-bond donors (Lipinski definition) is 1. The Morgan fingerprint density at radius 2 is 2.29 bits per heavy atom. The molecular formula is C16H19N3OS. The van der Waals surface area contributed by atoms with Gasteiger partial charge in [-0.15, -0.1) is 11.3 Å². The van der Waals surface area contributed by atoms with Crippen molar-refractivity contribution in [1.82, 2.24) is 15.2 Å². The van der Waals surface area contributed by atoms with E-state index in [4.69, 9.17) is 0 Å². The highest BCUT2D eigenvalue weighted by atomic mass is 32.1. The van der Waals surface area contributed by atoms with E-state index in [0.717, 1.165) is 35.8 Å². The second-order valence-corrected chi connectivity index (χ2v) is 6.49. The van der Waals surface area contributed by atoms with Crippen molar-refractivity contribution in [2.45, 2.75) is 26.4 Å². The number of carbonyl (C=O) groups excluding carboxylic acids is 1. The standard InChI is InChI=1S/C16H19N3OS/c1-11-18-15(10-21-11)9-19(2)16(20)13-4-3-12-5-6-17-8-14(12)7-13/h3-4,7,10,17H,5-6,8-9H2,1-2H3. The van der Waals surface area contributed by atoms with Gasteiger partial charge in [0.05, 0.1) is 17.2 Å². The molecule has 2 heterocycles. The number of aryl methyl sites for hydroxylation is 1. The van der Waals surface area contributed by atoms with Crippen LogP contribution in [0.5, 0.6) is 0 Å². The number of fused-ring (bicyclic) bond motifs is 1. The molecule has 0 bridgehead atoms. The summed E-state index contributed by atoms with van der Waals surface area (Å²) < 4.78 is 0. The van der Waals surface area contributed by atoms with Gasteiger partial charge in [0.25, 0.3) is 5.91 Å². The molecule has 1 aromatic carbocycles. The monoisotopic (exact) mass is 301 g/mol. The van der Waals surface area contributed by atoms with E-state index >= 15 is 0 Å². The van der Waals surface area contributed by atoms with E-state index in [2.05, 4.69) is 16.4 Å². The van der Waals surface area contributed by atoms with Crippen LogP contribution >= 0.6 is 11.3 Å². The Hall–Kier alpha value is -1.72. The van der Waals surface area contributed by atoms with Gasteiger partial charge < -0.3 is 10.2 Å². The molecule has 0 atom stereocenters. The predicted molar refractivity (Wildman–Crippen MR) is 84.5 cm³/mol. The first-order chi connectivity index (χ1) is 10.1. The quantitative estimate of drug-likeness (QED) is 0.946. The fraction of sp³-hybridized carbons (Fsp3) is 0.375. The molecule has 1 aliphatic rings. The zero-order chi connectivity index (χ0) is 14.8. The third-order valence-corrected chi connectivity index (χ3v) is 4.57. The molecule has 3 rings (SSSR count). The first-order valence-electron chi connectivity index (χ1n) is 7.12. The number of benzene rings is 1. The maximum atomic E-state index is 12.5. The Balaban J connectivity index is 1.75. The summed E-state index contributed by atoms with van der Waals surface area (Å²) in [6, 6.07) is 6.05. The normalized spacial score (nSPS) is 13.8. The van der Waals surface area contributed by atoms with Crippen molar-refractivity contribution in [3.8, 4) is 0 Å².